The van der Waals surface area contributed by atoms with E-state index in [0.717, 1.165) is 57.8 Å². The summed E-state index contributed by atoms with van der Waals surface area (Å²) in [6, 6.07) is 0. The number of nitro groups is 1. The second-order valence-electron chi connectivity index (χ2n) is 13.2. The minimum absolute atomic E-state index is 0.0141. The lowest BCUT2D eigenvalue weighted by molar-refractivity contribution is -0.482. The van der Waals surface area contributed by atoms with Gasteiger partial charge in [0.2, 0.25) is 6.54 Å². The van der Waals surface area contributed by atoms with Crippen LogP contribution in [0.25, 0.3) is 0 Å². The molecule has 0 radical (unpaired) electrons. The Morgan fingerprint density at radius 1 is 0.972 bits per heavy atom. The lowest BCUT2D eigenvalue weighted by Gasteiger charge is -2.63. The van der Waals surface area contributed by atoms with Gasteiger partial charge >= 0.3 is 0 Å². The molecule has 1 aliphatic heterocycles. The first-order valence-electron chi connectivity index (χ1n) is 14.1. The van der Waals surface area contributed by atoms with Crippen LogP contribution in [0.5, 0.6) is 0 Å². The normalized spacial score (nSPS) is 54.9. The molecule has 0 amide bonds. The third kappa shape index (κ3) is 4.04. The summed E-state index contributed by atoms with van der Waals surface area (Å²) in [5.74, 6) is 1.32. The first-order valence-corrected chi connectivity index (χ1v) is 14.1. The van der Waals surface area contributed by atoms with E-state index in [1.807, 2.05) is 0 Å². The van der Waals surface area contributed by atoms with Crippen molar-refractivity contribution >= 4 is 0 Å². The van der Waals surface area contributed by atoms with Crippen molar-refractivity contribution < 1.29 is 34.8 Å². The van der Waals surface area contributed by atoms with E-state index in [4.69, 9.17) is 9.47 Å². The number of aliphatic hydroxyl groups is 4. The molecule has 5 aliphatic rings. The van der Waals surface area contributed by atoms with Crippen molar-refractivity contribution in [3.8, 4) is 0 Å². The minimum atomic E-state index is -1.29. The maximum absolute atomic E-state index is 12.2. The summed E-state index contributed by atoms with van der Waals surface area (Å²) in [6.45, 7) is 6.24. The molecule has 4 saturated carbocycles. The molecule has 206 valence electrons. The topological polar surface area (TPSA) is 143 Å². The van der Waals surface area contributed by atoms with Gasteiger partial charge in [0.05, 0.1) is 17.8 Å². The molecule has 9 heteroatoms. The average molecular weight is 512 g/mol. The predicted octanol–water partition coefficient (Wildman–Crippen LogP) is 2.64. The van der Waals surface area contributed by atoms with Crippen LogP contribution in [0, 0.1) is 44.6 Å². The summed E-state index contributed by atoms with van der Waals surface area (Å²) in [7, 11) is 0. The van der Waals surface area contributed by atoms with Gasteiger partial charge in [0, 0.05) is 11.3 Å². The van der Waals surface area contributed by atoms with Gasteiger partial charge in [-0.3, -0.25) is 10.1 Å². The van der Waals surface area contributed by atoms with Gasteiger partial charge in [-0.15, -0.1) is 0 Å². The van der Waals surface area contributed by atoms with Gasteiger partial charge in [0.25, 0.3) is 0 Å². The van der Waals surface area contributed by atoms with Crippen molar-refractivity contribution in [2.45, 2.75) is 127 Å². The summed E-state index contributed by atoms with van der Waals surface area (Å²) < 4.78 is 11.9. The molecule has 5 rings (SSSR count). The molecule has 0 aromatic carbocycles. The van der Waals surface area contributed by atoms with Crippen molar-refractivity contribution in [1.29, 1.82) is 0 Å². The van der Waals surface area contributed by atoms with Gasteiger partial charge < -0.3 is 29.9 Å². The quantitative estimate of drug-likeness (QED) is 0.251. The van der Waals surface area contributed by atoms with Gasteiger partial charge in [-0.1, -0.05) is 13.8 Å². The molecular formula is C27H45NO8. The summed E-state index contributed by atoms with van der Waals surface area (Å²) in [6.07, 6.45) is 3.47. The fourth-order valence-electron chi connectivity index (χ4n) is 9.46. The number of hydrogen-bond acceptors (Lipinski definition) is 8. The molecule has 0 bridgehead atoms. The van der Waals surface area contributed by atoms with Gasteiger partial charge in [0.1, 0.15) is 18.3 Å². The fraction of sp³-hybridized carbons (Fsp3) is 1.00. The van der Waals surface area contributed by atoms with Gasteiger partial charge in [-0.25, -0.2) is 0 Å². The third-order valence-corrected chi connectivity index (χ3v) is 11.8. The zero-order valence-corrected chi connectivity index (χ0v) is 21.9. The lowest BCUT2D eigenvalue weighted by Crippen LogP contribution is -2.62. The number of hydrogen-bond donors (Lipinski definition) is 4. The highest BCUT2D eigenvalue weighted by molar-refractivity contribution is 5.16. The van der Waals surface area contributed by atoms with E-state index >= 15 is 0 Å². The van der Waals surface area contributed by atoms with E-state index in [9.17, 15) is 30.5 Å². The van der Waals surface area contributed by atoms with Gasteiger partial charge in [0.15, 0.2) is 6.29 Å². The van der Waals surface area contributed by atoms with E-state index in [0.29, 0.717) is 18.3 Å². The Morgan fingerprint density at radius 3 is 2.44 bits per heavy atom. The number of nitrogens with zero attached hydrogens (tertiary/aromatic N) is 1. The smallest absolute Gasteiger partial charge is 0.204 e. The number of rotatable bonds is 5. The van der Waals surface area contributed by atoms with Crippen LogP contribution in [0.1, 0.15) is 85.0 Å². The van der Waals surface area contributed by atoms with Crippen LogP contribution in [0.2, 0.25) is 0 Å². The van der Waals surface area contributed by atoms with Crippen molar-refractivity contribution in [2.75, 3.05) is 6.54 Å². The van der Waals surface area contributed by atoms with Crippen LogP contribution in [0.3, 0.4) is 0 Å². The largest absolute Gasteiger partial charge is 0.389 e. The highest BCUT2D eigenvalue weighted by Crippen LogP contribution is 2.69. The maximum Gasteiger partial charge on any atom is 0.204 e. The van der Waals surface area contributed by atoms with Crippen molar-refractivity contribution in [2.24, 2.45) is 34.5 Å². The van der Waals surface area contributed by atoms with Crippen molar-refractivity contribution in [1.82, 2.24) is 0 Å². The molecule has 9 nitrogen and oxygen atoms in total. The molecule has 0 unspecified atom stereocenters. The highest BCUT2D eigenvalue weighted by Gasteiger charge is 2.67. The maximum atomic E-state index is 12.2. The highest BCUT2D eigenvalue weighted by atomic mass is 16.7. The Hall–Kier alpha value is -0.840. The molecule has 1 heterocycles. The number of aliphatic hydroxyl groups excluding tert-OH is 3. The molecule has 0 aromatic heterocycles. The van der Waals surface area contributed by atoms with Crippen molar-refractivity contribution in [3.63, 3.8) is 0 Å². The Kier molecular flexibility index (Phi) is 7.00. The van der Waals surface area contributed by atoms with E-state index in [1.54, 1.807) is 6.92 Å². The van der Waals surface area contributed by atoms with Crippen molar-refractivity contribution in [3.05, 3.63) is 10.1 Å². The SMILES string of the molecule is C[C@@H]1O[C@@H](O[C@H]2CC[C@@]3(C)[C@H](CC[C@@H]4[C@@H]3CC[C@]3(C)[C@@H](CC[N+](=O)[O-])CC[C@]43O)C2)[C@H](O)[C@H](O)[C@H]1O. The minimum Gasteiger partial charge on any atom is -0.389 e. The van der Waals surface area contributed by atoms with Crippen LogP contribution >= 0.6 is 0 Å². The summed E-state index contributed by atoms with van der Waals surface area (Å²) in [4.78, 5) is 10.8. The Labute approximate surface area is 213 Å². The standard InChI is InChI=1S/C27H45NO8/c1-15-21(29)22(30)23(31)24(35-15)36-18-7-10-25(2)17(14-18)4-5-20-19(25)8-11-26(3)16(9-13-28(33)34)6-12-27(20,26)32/h15-24,29-32H,4-14H2,1-3H3/t15-,16+,17+,18-,19-,20+,21-,22+,23+,24-,25-,26+,27-/m0/s1. The monoisotopic (exact) mass is 511 g/mol. The van der Waals surface area contributed by atoms with Gasteiger partial charge in [-0.05, 0) is 99.2 Å². The molecule has 0 spiro atoms. The molecule has 1 saturated heterocycles. The molecule has 13 atom stereocenters. The molecule has 4 N–H and O–H groups in total. The van der Waals surface area contributed by atoms with Crippen LogP contribution in [-0.4, -0.2) is 74.3 Å². The molecular weight excluding hydrogens is 466 g/mol. The Balaban J connectivity index is 1.26. The van der Waals surface area contributed by atoms with Crippen LogP contribution < -0.4 is 0 Å². The first-order chi connectivity index (χ1) is 16.9. The predicted molar refractivity (Wildman–Crippen MR) is 130 cm³/mol. The molecule has 5 fully saturated rings. The molecule has 0 aromatic rings. The third-order valence-electron chi connectivity index (χ3n) is 11.8. The zero-order valence-electron chi connectivity index (χ0n) is 21.9. The number of fused-ring (bicyclic) bond motifs is 5. The fourth-order valence-corrected chi connectivity index (χ4v) is 9.46. The van der Waals surface area contributed by atoms with Crippen LogP contribution in [0.4, 0.5) is 0 Å². The van der Waals surface area contributed by atoms with E-state index in [2.05, 4.69) is 13.8 Å². The average Bonchev–Trinajstić information content (AvgIpc) is 3.10. The van der Waals surface area contributed by atoms with E-state index in [1.165, 1.54) is 0 Å². The van der Waals surface area contributed by atoms with E-state index in [-0.39, 0.29) is 40.2 Å². The van der Waals surface area contributed by atoms with E-state index < -0.39 is 36.3 Å². The second kappa shape index (κ2) is 9.42. The summed E-state index contributed by atoms with van der Waals surface area (Å²) in [5, 5.41) is 53.8. The molecule has 36 heavy (non-hydrogen) atoms. The number of ether oxygens (including phenoxy) is 2. The second-order valence-corrected chi connectivity index (χ2v) is 13.2. The Bertz CT molecular complexity index is 843. The van der Waals surface area contributed by atoms with Crippen LogP contribution in [-0.2, 0) is 9.47 Å². The lowest BCUT2D eigenvalue weighted by atomic mass is 9.43. The van der Waals surface area contributed by atoms with Crippen LogP contribution in [0.15, 0.2) is 0 Å². The summed E-state index contributed by atoms with van der Waals surface area (Å²) >= 11 is 0. The molecule has 4 aliphatic carbocycles. The zero-order chi connectivity index (χ0) is 26.0. The summed E-state index contributed by atoms with van der Waals surface area (Å²) in [5.41, 5.74) is -0.885. The first kappa shape index (κ1) is 26.8. The van der Waals surface area contributed by atoms with Gasteiger partial charge in [-0.2, -0.15) is 0 Å². The Morgan fingerprint density at radius 2 is 1.72 bits per heavy atom.